The van der Waals surface area contributed by atoms with Gasteiger partial charge in [0.25, 0.3) is 0 Å². The monoisotopic (exact) mass is 237 g/mol. The van der Waals surface area contributed by atoms with E-state index in [9.17, 15) is 4.79 Å². The summed E-state index contributed by atoms with van der Waals surface area (Å²) in [6.45, 7) is 0.549. The van der Waals surface area contributed by atoms with Crippen LogP contribution in [0.4, 0.5) is 0 Å². The van der Waals surface area contributed by atoms with Gasteiger partial charge < -0.3 is 5.73 Å². The van der Waals surface area contributed by atoms with Crippen LogP contribution in [0.3, 0.4) is 0 Å². The molecular weight excluding hydrogens is 226 g/mol. The zero-order chi connectivity index (χ0) is 11.4. The molecule has 0 unspecified atom stereocenters. The van der Waals surface area contributed by atoms with E-state index in [4.69, 9.17) is 5.73 Å². The molecule has 0 bridgehead atoms. The number of carbonyl (C=O) groups excluding carboxylic acids is 1. The minimum absolute atomic E-state index is 0.0587. The van der Waals surface area contributed by atoms with Crippen molar-refractivity contribution in [1.82, 2.24) is 20.0 Å². The van der Waals surface area contributed by atoms with Crippen molar-refractivity contribution in [3.8, 4) is 0 Å². The fourth-order valence-electron chi connectivity index (χ4n) is 1.25. The molecular formula is C9H11N5OS. The molecule has 0 aliphatic rings. The van der Waals surface area contributed by atoms with Crippen molar-refractivity contribution in [2.75, 3.05) is 0 Å². The van der Waals surface area contributed by atoms with Crippen molar-refractivity contribution in [2.24, 2.45) is 5.73 Å². The van der Waals surface area contributed by atoms with E-state index in [0.717, 1.165) is 5.01 Å². The van der Waals surface area contributed by atoms with Gasteiger partial charge in [-0.2, -0.15) is 0 Å². The lowest BCUT2D eigenvalue weighted by molar-refractivity contribution is -0.119. The maximum absolute atomic E-state index is 11.6. The topological polar surface area (TPSA) is 86.7 Å². The van der Waals surface area contributed by atoms with Crippen molar-refractivity contribution in [2.45, 2.75) is 19.5 Å². The van der Waals surface area contributed by atoms with E-state index in [1.807, 2.05) is 5.38 Å². The molecule has 0 atom stereocenters. The third-order valence-corrected chi connectivity index (χ3v) is 2.75. The average Bonchev–Trinajstić information content (AvgIpc) is 2.89. The first-order valence-electron chi connectivity index (χ1n) is 4.77. The van der Waals surface area contributed by atoms with Crippen molar-refractivity contribution >= 4 is 17.1 Å². The van der Waals surface area contributed by atoms with Gasteiger partial charge in [-0.15, -0.1) is 16.4 Å². The van der Waals surface area contributed by atoms with Gasteiger partial charge in [-0.3, -0.25) is 4.79 Å². The predicted molar refractivity (Wildman–Crippen MR) is 58.7 cm³/mol. The Balaban J connectivity index is 1.92. The summed E-state index contributed by atoms with van der Waals surface area (Å²) >= 11 is 1.47. The van der Waals surface area contributed by atoms with Crippen LogP contribution in [0.5, 0.6) is 0 Å². The fraction of sp³-hybridized carbons (Fsp3) is 0.333. The standard InChI is InChI=1S/C9H11N5OS/c10-4-7-5-14(13-12-7)6-8(15)3-9-11-1-2-16-9/h1-2,5H,3-4,6,10H2. The minimum Gasteiger partial charge on any atom is -0.325 e. The Morgan fingerprint density at radius 3 is 3.06 bits per heavy atom. The summed E-state index contributed by atoms with van der Waals surface area (Å²) < 4.78 is 1.50. The van der Waals surface area contributed by atoms with Crippen LogP contribution < -0.4 is 5.73 Å². The van der Waals surface area contributed by atoms with E-state index in [2.05, 4.69) is 15.3 Å². The zero-order valence-electron chi connectivity index (χ0n) is 8.54. The molecule has 2 aromatic heterocycles. The van der Waals surface area contributed by atoms with Crippen molar-refractivity contribution in [3.05, 3.63) is 28.5 Å². The number of hydrogen-bond donors (Lipinski definition) is 1. The van der Waals surface area contributed by atoms with Crippen molar-refractivity contribution < 1.29 is 4.79 Å². The molecule has 2 rings (SSSR count). The molecule has 0 aliphatic carbocycles. The molecule has 84 valence electrons. The zero-order valence-corrected chi connectivity index (χ0v) is 9.35. The number of ketones is 1. The first-order valence-corrected chi connectivity index (χ1v) is 5.65. The van der Waals surface area contributed by atoms with Gasteiger partial charge in [0.1, 0.15) is 6.54 Å². The van der Waals surface area contributed by atoms with E-state index in [-0.39, 0.29) is 12.3 Å². The molecule has 0 amide bonds. The number of carbonyl (C=O) groups is 1. The van der Waals surface area contributed by atoms with Crippen LogP contribution in [0.15, 0.2) is 17.8 Å². The molecule has 2 N–H and O–H groups in total. The van der Waals surface area contributed by atoms with Gasteiger partial charge in [0.05, 0.1) is 23.3 Å². The Morgan fingerprint density at radius 2 is 2.44 bits per heavy atom. The van der Waals surface area contributed by atoms with Crippen molar-refractivity contribution in [3.63, 3.8) is 0 Å². The summed E-state index contributed by atoms with van der Waals surface area (Å²) in [7, 11) is 0. The molecule has 2 heterocycles. The second-order valence-electron chi connectivity index (χ2n) is 3.25. The highest BCUT2D eigenvalue weighted by Crippen LogP contribution is 2.05. The normalized spacial score (nSPS) is 10.6. The molecule has 16 heavy (non-hydrogen) atoms. The maximum atomic E-state index is 11.6. The first kappa shape index (κ1) is 10.9. The second kappa shape index (κ2) is 4.95. The largest absolute Gasteiger partial charge is 0.325 e. The summed E-state index contributed by atoms with van der Waals surface area (Å²) in [5, 5.41) is 10.3. The van der Waals surface area contributed by atoms with Crippen LogP contribution in [-0.4, -0.2) is 25.8 Å². The summed E-state index contributed by atoms with van der Waals surface area (Å²) in [5.74, 6) is 0.0587. The molecule has 7 heteroatoms. The molecule has 0 fully saturated rings. The van der Waals surface area contributed by atoms with E-state index >= 15 is 0 Å². The number of nitrogens with zero attached hydrogens (tertiary/aromatic N) is 4. The van der Waals surface area contributed by atoms with Crippen LogP contribution in [0.2, 0.25) is 0 Å². The SMILES string of the molecule is NCc1cn(CC(=O)Cc2nccs2)nn1. The lowest BCUT2D eigenvalue weighted by Gasteiger charge is -1.97. The Hall–Kier alpha value is -1.60. The Bertz CT molecular complexity index is 464. The van der Waals surface area contributed by atoms with Gasteiger partial charge in [-0.25, -0.2) is 9.67 Å². The van der Waals surface area contributed by atoms with Gasteiger partial charge in [0.15, 0.2) is 5.78 Å². The molecule has 0 saturated carbocycles. The van der Waals surface area contributed by atoms with Gasteiger partial charge in [-0.1, -0.05) is 5.21 Å². The molecule has 6 nitrogen and oxygen atoms in total. The summed E-state index contributed by atoms with van der Waals surface area (Å²) in [6, 6.07) is 0. The molecule has 2 aromatic rings. The average molecular weight is 237 g/mol. The number of rotatable bonds is 5. The molecule has 0 aliphatic heterocycles. The molecule has 0 spiro atoms. The van der Waals surface area contributed by atoms with Crippen LogP contribution in [0, 0.1) is 0 Å². The predicted octanol–water partition coefficient (Wildman–Crippen LogP) is 0.00510. The number of thiazole rings is 1. The Kier molecular flexibility index (Phi) is 3.37. The van der Waals surface area contributed by atoms with E-state index in [1.165, 1.54) is 16.0 Å². The summed E-state index contributed by atoms with van der Waals surface area (Å²) in [5.41, 5.74) is 6.08. The number of aromatic nitrogens is 4. The highest BCUT2D eigenvalue weighted by molar-refractivity contribution is 7.09. The van der Waals surface area contributed by atoms with Gasteiger partial charge >= 0.3 is 0 Å². The quantitative estimate of drug-likeness (QED) is 0.791. The van der Waals surface area contributed by atoms with Crippen LogP contribution in [-0.2, 0) is 24.3 Å². The third-order valence-electron chi connectivity index (χ3n) is 1.97. The van der Waals surface area contributed by atoms with Gasteiger partial charge in [0.2, 0.25) is 0 Å². The van der Waals surface area contributed by atoms with Crippen LogP contribution in [0.25, 0.3) is 0 Å². The Labute approximate surface area is 96.1 Å². The van der Waals surface area contributed by atoms with E-state index in [0.29, 0.717) is 18.7 Å². The van der Waals surface area contributed by atoms with Gasteiger partial charge in [-0.05, 0) is 0 Å². The second-order valence-corrected chi connectivity index (χ2v) is 4.23. The summed E-state index contributed by atoms with van der Waals surface area (Å²) in [6.07, 6.45) is 3.71. The van der Waals surface area contributed by atoms with E-state index < -0.39 is 0 Å². The minimum atomic E-state index is 0.0587. The smallest absolute Gasteiger partial charge is 0.161 e. The number of hydrogen-bond acceptors (Lipinski definition) is 6. The van der Waals surface area contributed by atoms with Crippen molar-refractivity contribution in [1.29, 1.82) is 0 Å². The summed E-state index contributed by atoms with van der Waals surface area (Å²) in [4.78, 5) is 15.7. The number of Topliss-reactive ketones (excluding diaryl/α,β-unsaturated/α-hetero) is 1. The third kappa shape index (κ3) is 2.71. The highest BCUT2D eigenvalue weighted by Gasteiger charge is 2.08. The fourth-order valence-corrected chi connectivity index (χ4v) is 1.90. The highest BCUT2D eigenvalue weighted by atomic mass is 32.1. The Morgan fingerprint density at radius 1 is 1.56 bits per heavy atom. The molecule has 0 aromatic carbocycles. The molecule has 0 saturated heterocycles. The van der Waals surface area contributed by atoms with Crippen LogP contribution >= 0.6 is 11.3 Å². The molecule has 0 radical (unpaired) electrons. The lowest BCUT2D eigenvalue weighted by atomic mass is 10.3. The number of nitrogens with two attached hydrogens (primary N) is 1. The lowest BCUT2D eigenvalue weighted by Crippen LogP contribution is -2.13. The van der Waals surface area contributed by atoms with Crippen LogP contribution in [0.1, 0.15) is 10.7 Å². The first-order chi connectivity index (χ1) is 7.78. The maximum Gasteiger partial charge on any atom is 0.161 e. The van der Waals surface area contributed by atoms with E-state index in [1.54, 1.807) is 12.4 Å². The van der Waals surface area contributed by atoms with Gasteiger partial charge in [0, 0.05) is 18.1 Å².